The van der Waals surface area contributed by atoms with Gasteiger partial charge in [0, 0.05) is 45.0 Å². The summed E-state index contributed by atoms with van der Waals surface area (Å²) in [6.07, 6.45) is 0. The first-order valence-corrected chi connectivity index (χ1v) is 9.79. The number of aromatic nitrogens is 3. The minimum atomic E-state index is 0.489. The number of nitrogens with two attached hydrogens (primary N) is 1. The lowest BCUT2D eigenvalue weighted by molar-refractivity contribution is 0.0389. The highest BCUT2D eigenvalue weighted by atomic mass is 32.1. The molecular formula is C18H29N7OS. The first kappa shape index (κ1) is 19.8. The minimum absolute atomic E-state index is 0.489. The van der Waals surface area contributed by atoms with Crippen LogP contribution in [0.1, 0.15) is 17.1 Å². The van der Waals surface area contributed by atoms with Crippen molar-refractivity contribution in [2.75, 3.05) is 51.7 Å². The lowest BCUT2D eigenvalue weighted by Crippen LogP contribution is -2.44. The smallest absolute Gasteiger partial charge is 0.166 e. The second kappa shape index (κ2) is 8.81. The molecule has 3 heterocycles. The predicted molar refractivity (Wildman–Crippen MR) is 112 cm³/mol. The third-order valence-electron chi connectivity index (χ3n) is 5.03. The van der Waals surface area contributed by atoms with E-state index in [0.29, 0.717) is 10.9 Å². The number of hydrogen-bond donors (Lipinski definition) is 3. The van der Waals surface area contributed by atoms with Gasteiger partial charge in [-0.1, -0.05) is 0 Å². The molecule has 148 valence electrons. The van der Waals surface area contributed by atoms with Crippen molar-refractivity contribution in [2.24, 2.45) is 0 Å². The number of pyridine rings is 1. The Bertz CT molecular complexity index is 814. The second-order valence-corrected chi connectivity index (χ2v) is 7.26. The van der Waals surface area contributed by atoms with E-state index >= 15 is 0 Å². The zero-order chi connectivity index (χ0) is 19.4. The van der Waals surface area contributed by atoms with E-state index in [1.54, 1.807) is 0 Å². The van der Waals surface area contributed by atoms with Crippen LogP contribution >= 0.6 is 12.2 Å². The van der Waals surface area contributed by atoms with Crippen LogP contribution in [0.5, 0.6) is 0 Å². The van der Waals surface area contributed by atoms with E-state index in [1.165, 1.54) is 0 Å². The Morgan fingerprint density at radius 2 is 1.78 bits per heavy atom. The molecule has 0 aliphatic carbocycles. The average molecular weight is 392 g/mol. The van der Waals surface area contributed by atoms with Crippen molar-refractivity contribution in [3.8, 4) is 0 Å². The van der Waals surface area contributed by atoms with Gasteiger partial charge in [0.1, 0.15) is 11.3 Å². The number of ether oxygens (including phenoxy) is 1. The SMILES string of the molecule is Cc1nc(N)c2nc(C)n(CCNC(=S)NCCN3CCOCC3)c2c1C. The topological polar surface area (TPSA) is 93.3 Å². The fourth-order valence-corrected chi connectivity index (χ4v) is 3.59. The summed E-state index contributed by atoms with van der Waals surface area (Å²) in [4.78, 5) is 11.4. The van der Waals surface area contributed by atoms with Crippen molar-refractivity contribution in [1.82, 2.24) is 30.1 Å². The molecule has 4 N–H and O–H groups in total. The number of rotatable bonds is 6. The molecule has 1 aliphatic heterocycles. The van der Waals surface area contributed by atoms with Crippen LogP contribution in [0.4, 0.5) is 5.82 Å². The highest BCUT2D eigenvalue weighted by Crippen LogP contribution is 2.25. The average Bonchev–Trinajstić information content (AvgIpc) is 2.98. The van der Waals surface area contributed by atoms with Crippen LogP contribution in [0.2, 0.25) is 0 Å². The van der Waals surface area contributed by atoms with E-state index in [9.17, 15) is 0 Å². The lowest BCUT2D eigenvalue weighted by Gasteiger charge is -2.26. The van der Waals surface area contributed by atoms with Gasteiger partial charge < -0.3 is 25.7 Å². The Labute approximate surface area is 165 Å². The van der Waals surface area contributed by atoms with Crippen LogP contribution in [0, 0.1) is 20.8 Å². The maximum atomic E-state index is 6.06. The monoisotopic (exact) mass is 391 g/mol. The zero-order valence-corrected chi connectivity index (χ0v) is 17.2. The van der Waals surface area contributed by atoms with E-state index < -0.39 is 0 Å². The van der Waals surface area contributed by atoms with Crippen molar-refractivity contribution in [3.05, 3.63) is 17.1 Å². The highest BCUT2D eigenvalue weighted by molar-refractivity contribution is 7.80. The molecule has 0 unspecified atom stereocenters. The standard InChI is InChI=1S/C18H29N7OS/c1-12-13(2)22-17(19)15-16(12)25(14(3)23-15)7-5-21-18(27)20-4-6-24-8-10-26-11-9-24/h4-11H2,1-3H3,(H2,19,22)(H2,20,21,27). The number of morpholine rings is 1. The summed E-state index contributed by atoms with van der Waals surface area (Å²) in [5.74, 6) is 1.42. The largest absolute Gasteiger partial charge is 0.382 e. The molecule has 0 saturated carbocycles. The van der Waals surface area contributed by atoms with Crippen LogP contribution in [0.3, 0.4) is 0 Å². The van der Waals surface area contributed by atoms with Crippen molar-refractivity contribution in [1.29, 1.82) is 0 Å². The molecular weight excluding hydrogens is 362 g/mol. The number of hydrogen-bond acceptors (Lipinski definition) is 6. The number of anilines is 1. The van der Waals surface area contributed by atoms with Gasteiger partial charge in [-0.05, 0) is 38.6 Å². The molecule has 8 nitrogen and oxygen atoms in total. The fourth-order valence-electron chi connectivity index (χ4n) is 3.38. The molecule has 2 aromatic rings. The van der Waals surface area contributed by atoms with E-state index in [4.69, 9.17) is 22.7 Å². The molecule has 9 heteroatoms. The first-order valence-electron chi connectivity index (χ1n) is 9.38. The number of nitrogens with one attached hydrogen (secondary N) is 2. The molecule has 0 atom stereocenters. The van der Waals surface area contributed by atoms with E-state index in [-0.39, 0.29) is 0 Å². The Hall–Kier alpha value is -1.97. The number of thiocarbonyl (C=S) groups is 1. The Balaban J connectivity index is 1.51. The minimum Gasteiger partial charge on any atom is -0.382 e. The van der Waals surface area contributed by atoms with Crippen LogP contribution in [0.15, 0.2) is 0 Å². The predicted octanol–water partition coefficient (Wildman–Crippen LogP) is 0.735. The molecule has 2 aromatic heterocycles. The summed E-state index contributed by atoms with van der Waals surface area (Å²) in [6, 6.07) is 0. The van der Waals surface area contributed by atoms with Gasteiger partial charge in [0.2, 0.25) is 0 Å². The molecule has 0 radical (unpaired) electrons. The summed E-state index contributed by atoms with van der Waals surface area (Å²) in [5.41, 5.74) is 9.95. The van der Waals surface area contributed by atoms with E-state index in [0.717, 1.165) is 80.6 Å². The molecule has 0 amide bonds. The summed E-state index contributed by atoms with van der Waals surface area (Å²) < 4.78 is 7.54. The number of fused-ring (bicyclic) bond motifs is 1. The van der Waals surface area contributed by atoms with Gasteiger partial charge in [0.05, 0.1) is 18.7 Å². The van der Waals surface area contributed by atoms with Gasteiger partial charge in [-0.2, -0.15) is 0 Å². The maximum absolute atomic E-state index is 6.06. The van der Waals surface area contributed by atoms with Gasteiger partial charge in [0.15, 0.2) is 10.9 Å². The van der Waals surface area contributed by atoms with Crippen LogP contribution in [-0.4, -0.2) is 70.5 Å². The van der Waals surface area contributed by atoms with Gasteiger partial charge >= 0.3 is 0 Å². The summed E-state index contributed by atoms with van der Waals surface area (Å²) >= 11 is 5.39. The Morgan fingerprint density at radius 3 is 2.48 bits per heavy atom. The van der Waals surface area contributed by atoms with Crippen LogP contribution < -0.4 is 16.4 Å². The number of imidazole rings is 1. The van der Waals surface area contributed by atoms with Crippen molar-refractivity contribution >= 4 is 34.2 Å². The van der Waals surface area contributed by atoms with Gasteiger partial charge in [0.25, 0.3) is 0 Å². The molecule has 0 bridgehead atoms. The van der Waals surface area contributed by atoms with Crippen molar-refractivity contribution < 1.29 is 4.74 Å². The van der Waals surface area contributed by atoms with Crippen molar-refractivity contribution in [3.63, 3.8) is 0 Å². The first-order chi connectivity index (χ1) is 13.0. The zero-order valence-electron chi connectivity index (χ0n) is 16.3. The molecule has 27 heavy (non-hydrogen) atoms. The molecule has 1 aliphatic rings. The van der Waals surface area contributed by atoms with Crippen LogP contribution in [0.25, 0.3) is 11.0 Å². The molecule has 3 rings (SSSR count). The van der Waals surface area contributed by atoms with E-state index in [2.05, 4.69) is 37.0 Å². The number of aryl methyl sites for hydroxylation is 3. The summed E-state index contributed by atoms with van der Waals surface area (Å²) in [6.45, 7) is 12.9. The molecule has 0 spiro atoms. The summed E-state index contributed by atoms with van der Waals surface area (Å²) in [7, 11) is 0. The van der Waals surface area contributed by atoms with E-state index in [1.807, 2.05) is 13.8 Å². The van der Waals surface area contributed by atoms with Crippen LogP contribution in [-0.2, 0) is 11.3 Å². The number of nitrogens with zero attached hydrogens (tertiary/aromatic N) is 4. The maximum Gasteiger partial charge on any atom is 0.166 e. The van der Waals surface area contributed by atoms with Crippen molar-refractivity contribution in [2.45, 2.75) is 27.3 Å². The highest BCUT2D eigenvalue weighted by Gasteiger charge is 2.15. The molecule has 1 saturated heterocycles. The molecule has 1 fully saturated rings. The fraction of sp³-hybridized carbons (Fsp3) is 0.611. The van der Waals surface area contributed by atoms with Gasteiger partial charge in [-0.15, -0.1) is 0 Å². The molecule has 0 aromatic carbocycles. The second-order valence-electron chi connectivity index (χ2n) is 6.85. The normalized spacial score (nSPS) is 15.2. The van der Waals surface area contributed by atoms with Gasteiger partial charge in [-0.3, -0.25) is 4.90 Å². The Morgan fingerprint density at radius 1 is 1.11 bits per heavy atom. The number of nitrogen functional groups attached to an aromatic ring is 1. The summed E-state index contributed by atoms with van der Waals surface area (Å²) in [5, 5.41) is 7.24. The Kier molecular flexibility index (Phi) is 6.46. The van der Waals surface area contributed by atoms with Gasteiger partial charge in [-0.25, -0.2) is 9.97 Å². The lowest BCUT2D eigenvalue weighted by atomic mass is 10.2. The third kappa shape index (κ3) is 4.66. The quantitative estimate of drug-likeness (QED) is 0.621. The third-order valence-corrected chi connectivity index (χ3v) is 5.31.